The van der Waals surface area contributed by atoms with E-state index < -0.39 is 0 Å². The minimum atomic E-state index is 0.179. The van der Waals surface area contributed by atoms with E-state index in [1.54, 1.807) is 0 Å². The van der Waals surface area contributed by atoms with Gasteiger partial charge in [-0.1, -0.05) is 44.2 Å². The topological polar surface area (TPSA) is 35.8 Å². The fraction of sp³-hybridized carbons (Fsp3) is 0.533. The maximum atomic E-state index is 8.61. The van der Waals surface area contributed by atoms with Crippen LogP contribution in [0.2, 0.25) is 0 Å². The molecule has 0 heterocycles. The predicted octanol–water partition coefficient (Wildman–Crippen LogP) is 3.67. The molecular weight excluding hydrogens is 208 g/mol. The van der Waals surface area contributed by atoms with Crippen molar-refractivity contribution in [2.24, 2.45) is 5.41 Å². The molecule has 0 aromatic heterocycles. The van der Waals surface area contributed by atoms with Crippen molar-refractivity contribution >= 4 is 0 Å². The number of nitriles is 1. The molecule has 2 nitrogen and oxygen atoms in total. The third-order valence-electron chi connectivity index (χ3n) is 3.10. The molecule has 1 atom stereocenters. The van der Waals surface area contributed by atoms with Crippen molar-refractivity contribution in [3.63, 3.8) is 0 Å². The van der Waals surface area contributed by atoms with Gasteiger partial charge in [0.05, 0.1) is 6.07 Å². The van der Waals surface area contributed by atoms with Crippen LogP contribution in [-0.2, 0) is 0 Å². The van der Waals surface area contributed by atoms with Crippen molar-refractivity contribution in [2.45, 2.75) is 39.7 Å². The fourth-order valence-electron chi connectivity index (χ4n) is 1.77. The summed E-state index contributed by atoms with van der Waals surface area (Å²) in [5.74, 6) is 0. The molecule has 0 fully saturated rings. The second kappa shape index (κ2) is 6.42. The van der Waals surface area contributed by atoms with Gasteiger partial charge in [0.25, 0.3) is 0 Å². The molecule has 0 aliphatic carbocycles. The molecule has 1 rings (SSSR count). The molecule has 92 valence electrons. The highest BCUT2D eigenvalue weighted by Crippen LogP contribution is 2.22. The van der Waals surface area contributed by atoms with Gasteiger partial charge in [-0.25, -0.2) is 0 Å². The zero-order valence-corrected chi connectivity index (χ0v) is 11.0. The lowest BCUT2D eigenvalue weighted by molar-refractivity contribution is 0.305. The summed E-state index contributed by atoms with van der Waals surface area (Å²) in [6.07, 6.45) is 1.58. The second-order valence-corrected chi connectivity index (χ2v) is 5.34. The summed E-state index contributed by atoms with van der Waals surface area (Å²) >= 11 is 0. The van der Waals surface area contributed by atoms with E-state index in [9.17, 15) is 0 Å². The molecule has 0 saturated carbocycles. The zero-order valence-electron chi connectivity index (χ0n) is 11.0. The monoisotopic (exact) mass is 230 g/mol. The third-order valence-corrected chi connectivity index (χ3v) is 3.10. The van der Waals surface area contributed by atoms with Gasteiger partial charge in [0.1, 0.15) is 0 Å². The molecule has 1 aromatic carbocycles. The summed E-state index contributed by atoms with van der Waals surface area (Å²) in [6, 6.07) is 13.0. The highest BCUT2D eigenvalue weighted by Gasteiger charge is 2.18. The van der Waals surface area contributed by atoms with Crippen LogP contribution in [0.3, 0.4) is 0 Å². The van der Waals surface area contributed by atoms with Crippen LogP contribution in [0.25, 0.3) is 0 Å². The van der Waals surface area contributed by atoms with Crippen LogP contribution in [0.15, 0.2) is 30.3 Å². The lowest BCUT2D eigenvalue weighted by atomic mass is 9.87. The van der Waals surface area contributed by atoms with Crippen molar-refractivity contribution in [2.75, 3.05) is 6.54 Å². The van der Waals surface area contributed by atoms with E-state index in [1.165, 1.54) is 5.56 Å². The molecular formula is C15H22N2. The van der Waals surface area contributed by atoms with Crippen molar-refractivity contribution in [3.05, 3.63) is 35.9 Å². The van der Waals surface area contributed by atoms with Gasteiger partial charge in [0, 0.05) is 19.0 Å². The molecule has 0 aliphatic rings. The van der Waals surface area contributed by atoms with E-state index >= 15 is 0 Å². The summed E-state index contributed by atoms with van der Waals surface area (Å²) < 4.78 is 0. The molecule has 0 amide bonds. The first kappa shape index (κ1) is 13.7. The van der Waals surface area contributed by atoms with Crippen molar-refractivity contribution in [1.29, 1.82) is 5.26 Å². The normalized spacial score (nSPS) is 13.1. The Morgan fingerprint density at radius 3 is 2.53 bits per heavy atom. The van der Waals surface area contributed by atoms with Crippen molar-refractivity contribution < 1.29 is 0 Å². The van der Waals surface area contributed by atoms with Gasteiger partial charge < -0.3 is 5.32 Å². The molecule has 1 unspecified atom stereocenters. The average molecular weight is 230 g/mol. The first-order valence-electron chi connectivity index (χ1n) is 6.20. The number of benzene rings is 1. The Bertz CT molecular complexity index is 362. The fourth-order valence-corrected chi connectivity index (χ4v) is 1.77. The zero-order chi connectivity index (χ0) is 12.7. The molecule has 0 aliphatic heterocycles. The maximum absolute atomic E-state index is 8.61. The van der Waals surface area contributed by atoms with Gasteiger partial charge in [-0.15, -0.1) is 0 Å². The lowest BCUT2D eigenvalue weighted by Gasteiger charge is -2.26. The highest BCUT2D eigenvalue weighted by molar-refractivity contribution is 5.18. The second-order valence-electron chi connectivity index (χ2n) is 5.34. The van der Waals surface area contributed by atoms with Crippen LogP contribution >= 0.6 is 0 Å². The van der Waals surface area contributed by atoms with Gasteiger partial charge in [-0.2, -0.15) is 5.26 Å². The van der Waals surface area contributed by atoms with Crippen LogP contribution < -0.4 is 5.32 Å². The molecule has 0 saturated heterocycles. The van der Waals surface area contributed by atoms with E-state index in [4.69, 9.17) is 5.26 Å². The number of nitrogens with zero attached hydrogens (tertiary/aromatic N) is 1. The molecule has 1 N–H and O–H groups in total. The minimum absolute atomic E-state index is 0.179. The summed E-state index contributed by atoms with van der Waals surface area (Å²) in [7, 11) is 0. The molecule has 2 heteroatoms. The Hall–Kier alpha value is -1.33. The summed E-state index contributed by atoms with van der Waals surface area (Å²) in [6.45, 7) is 7.52. The Morgan fingerprint density at radius 2 is 1.94 bits per heavy atom. The van der Waals surface area contributed by atoms with Crippen molar-refractivity contribution in [1.82, 2.24) is 5.32 Å². The van der Waals surface area contributed by atoms with Gasteiger partial charge >= 0.3 is 0 Å². The summed E-state index contributed by atoms with van der Waals surface area (Å²) in [5.41, 5.74) is 1.49. The maximum Gasteiger partial charge on any atom is 0.0621 e. The van der Waals surface area contributed by atoms with E-state index in [-0.39, 0.29) is 5.41 Å². The molecule has 0 bridgehead atoms. The van der Waals surface area contributed by atoms with Crippen LogP contribution in [0.4, 0.5) is 0 Å². The third kappa shape index (κ3) is 5.01. The molecule has 17 heavy (non-hydrogen) atoms. The lowest BCUT2D eigenvalue weighted by Crippen LogP contribution is -2.31. The van der Waals surface area contributed by atoms with Crippen LogP contribution in [0.5, 0.6) is 0 Å². The molecule has 0 radical (unpaired) electrons. The number of hydrogen-bond donors (Lipinski definition) is 1. The van der Waals surface area contributed by atoms with Crippen LogP contribution in [-0.4, -0.2) is 6.54 Å². The van der Waals surface area contributed by atoms with Crippen LogP contribution in [0.1, 0.15) is 45.2 Å². The number of hydrogen-bond acceptors (Lipinski definition) is 2. The number of nitrogens with one attached hydrogen (secondary N) is 1. The number of rotatable bonds is 6. The molecule has 1 aromatic rings. The van der Waals surface area contributed by atoms with Crippen molar-refractivity contribution in [3.8, 4) is 6.07 Å². The highest BCUT2D eigenvalue weighted by atomic mass is 14.9. The Morgan fingerprint density at radius 1 is 1.29 bits per heavy atom. The summed E-state index contributed by atoms with van der Waals surface area (Å²) in [4.78, 5) is 0. The van der Waals surface area contributed by atoms with E-state index in [1.807, 2.05) is 6.07 Å². The first-order valence-corrected chi connectivity index (χ1v) is 6.20. The average Bonchev–Trinajstić information content (AvgIpc) is 2.35. The van der Waals surface area contributed by atoms with Crippen LogP contribution in [0, 0.1) is 16.7 Å². The largest absolute Gasteiger partial charge is 0.310 e. The van der Waals surface area contributed by atoms with Gasteiger partial charge in [-0.05, 0) is 24.3 Å². The first-order chi connectivity index (χ1) is 8.05. The van der Waals surface area contributed by atoms with Gasteiger partial charge in [-0.3, -0.25) is 0 Å². The predicted molar refractivity (Wildman–Crippen MR) is 71.5 cm³/mol. The Balaban J connectivity index is 2.43. The smallest absolute Gasteiger partial charge is 0.0621 e. The SMILES string of the molecule is CC(NCC(C)(C)CCC#N)c1ccccc1. The molecule has 0 spiro atoms. The van der Waals surface area contributed by atoms with Gasteiger partial charge in [0.15, 0.2) is 0 Å². The van der Waals surface area contributed by atoms with Gasteiger partial charge in [0.2, 0.25) is 0 Å². The quantitative estimate of drug-likeness (QED) is 0.809. The van der Waals surface area contributed by atoms with E-state index in [0.29, 0.717) is 12.5 Å². The standard InChI is InChI=1S/C15H22N2/c1-13(14-8-5-4-6-9-14)17-12-15(2,3)10-7-11-16/h4-6,8-9,13,17H,7,10,12H2,1-3H3. The Labute approximate surface area is 105 Å². The summed E-state index contributed by atoms with van der Waals surface area (Å²) in [5, 5.41) is 12.2. The van der Waals surface area contributed by atoms with E-state index in [0.717, 1.165) is 13.0 Å². The minimum Gasteiger partial charge on any atom is -0.310 e. The Kier molecular flexibility index (Phi) is 5.18. The van der Waals surface area contributed by atoms with E-state index in [2.05, 4.69) is 56.4 Å².